The van der Waals surface area contributed by atoms with Crippen LogP contribution in [-0.2, 0) is 24.7 Å². The van der Waals surface area contributed by atoms with E-state index in [0.29, 0.717) is 17.9 Å². The molecule has 3 fully saturated rings. The summed E-state index contributed by atoms with van der Waals surface area (Å²) in [6, 6.07) is 3.06. The van der Waals surface area contributed by atoms with Gasteiger partial charge >= 0.3 is 0 Å². The van der Waals surface area contributed by atoms with Crippen molar-refractivity contribution in [3.63, 3.8) is 0 Å². The highest BCUT2D eigenvalue weighted by Gasteiger charge is 2.71. The Morgan fingerprint density at radius 2 is 2.14 bits per heavy atom. The molecule has 2 unspecified atom stereocenters. The van der Waals surface area contributed by atoms with Gasteiger partial charge in [-0.1, -0.05) is 0 Å². The number of carbonyl (C=O) groups excluding carboxylic acids is 3. The maximum Gasteiger partial charge on any atom is 0.250 e. The van der Waals surface area contributed by atoms with Crippen LogP contribution in [0.1, 0.15) is 25.3 Å². The predicted octanol–water partition coefficient (Wildman–Crippen LogP) is 0.106. The summed E-state index contributed by atoms with van der Waals surface area (Å²) in [6.07, 6.45) is 0.402. The lowest BCUT2D eigenvalue weighted by Gasteiger charge is -2.30. The summed E-state index contributed by atoms with van der Waals surface area (Å²) in [4.78, 5) is 40.9. The molecule has 6 atom stereocenters. The molecule has 0 saturated carbocycles. The first-order valence-electron chi connectivity index (χ1n) is 9.88. The number of carbonyl (C=O) groups is 3. The Morgan fingerprint density at radius 3 is 2.83 bits per heavy atom. The molecule has 1 aromatic rings. The van der Waals surface area contributed by atoms with Crippen LogP contribution in [0.4, 0.5) is 10.1 Å². The Kier molecular flexibility index (Phi) is 4.06. The molecule has 0 bridgehead atoms. The van der Waals surface area contributed by atoms with Crippen molar-refractivity contribution >= 4 is 23.4 Å². The van der Waals surface area contributed by atoms with Crippen LogP contribution in [0.15, 0.2) is 18.2 Å². The topological polar surface area (TPSA) is 108 Å². The Hall–Kier alpha value is -2.36. The van der Waals surface area contributed by atoms with Crippen molar-refractivity contribution in [1.82, 2.24) is 10.2 Å². The quantitative estimate of drug-likeness (QED) is 0.618. The average molecular weight is 403 g/mol. The van der Waals surface area contributed by atoms with E-state index in [0.717, 1.165) is 17.7 Å². The lowest BCUT2D eigenvalue weighted by Crippen LogP contribution is -2.55. The predicted molar refractivity (Wildman–Crippen MR) is 98.0 cm³/mol. The molecular weight excluding hydrogens is 381 g/mol. The third-order valence-electron chi connectivity index (χ3n) is 6.63. The number of hydrogen-bond donors (Lipinski definition) is 3. The van der Waals surface area contributed by atoms with Gasteiger partial charge in [0.15, 0.2) is 0 Å². The second kappa shape index (κ2) is 6.32. The van der Waals surface area contributed by atoms with Crippen LogP contribution in [0.2, 0.25) is 0 Å². The fourth-order valence-electron chi connectivity index (χ4n) is 5.35. The number of hydrogen-bond acceptors (Lipinski definition) is 6. The first-order chi connectivity index (χ1) is 13.8. The van der Waals surface area contributed by atoms with E-state index in [9.17, 15) is 23.9 Å². The zero-order chi connectivity index (χ0) is 20.5. The molecule has 4 heterocycles. The van der Waals surface area contributed by atoms with Gasteiger partial charge in [0.1, 0.15) is 11.4 Å². The number of aliphatic hydroxyl groups excluding tert-OH is 1. The molecular formula is C20H22FN3O5. The normalized spacial score (nSPS) is 36.7. The molecule has 3 amide bonds. The summed E-state index contributed by atoms with van der Waals surface area (Å²) in [6.45, 7) is 2.23. The molecule has 1 aromatic carbocycles. The van der Waals surface area contributed by atoms with Crippen LogP contribution in [0, 0.1) is 17.7 Å². The average Bonchev–Trinajstić information content (AvgIpc) is 3.41. The number of anilines is 1. The summed E-state index contributed by atoms with van der Waals surface area (Å²) in [5.74, 6) is -3.95. The van der Waals surface area contributed by atoms with Crippen molar-refractivity contribution in [1.29, 1.82) is 0 Å². The molecule has 3 N–H and O–H groups in total. The summed E-state index contributed by atoms with van der Waals surface area (Å²) >= 11 is 0. The monoisotopic (exact) mass is 403 g/mol. The maximum absolute atomic E-state index is 14.1. The van der Waals surface area contributed by atoms with Crippen molar-refractivity contribution in [2.24, 2.45) is 11.8 Å². The third kappa shape index (κ3) is 2.44. The summed E-state index contributed by atoms with van der Waals surface area (Å²) in [7, 11) is 0. The van der Waals surface area contributed by atoms with Gasteiger partial charge in [-0.2, -0.15) is 0 Å². The minimum absolute atomic E-state index is 0.130. The zero-order valence-electron chi connectivity index (χ0n) is 15.9. The Bertz CT molecular complexity index is 915. The van der Waals surface area contributed by atoms with Gasteiger partial charge in [0.05, 0.1) is 30.6 Å². The molecule has 0 radical (unpaired) electrons. The highest BCUT2D eigenvalue weighted by Crippen LogP contribution is 2.53. The van der Waals surface area contributed by atoms with E-state index in [1.807, 2.05) is 0 Å². The fourth-order valence-corrected chi connectivity index (χ4v) is 5.35. The van der Waals surface area contributed by atoms with Gasteiger partial charge in [0.2, 0.25) is 17.7 Å². The summed E-state index contributed by atoms with van der Waals surface area (Å²) in [5.41, 5.74) is -0.908. The van der Waals surface area contributed by atoms with E-state index in [1.165, 1.54) is 25.1 Å². The lowest BCUT2D eigenvalue weighted by atomic mass is 9.76. The number of imide groups is 1. The van der Waals surface area contributed by atoms with Crippen molar-refractivity contribution < 1.29 is 28.6 Å². The number of nitrogens with zero attached hydrogens (tertiary/aromatic N) is 1. The van der Waals surface area contributed by atoms with Crippen LogP contribution in [0.3, 0.4) is 0 Å². The van der Waals surface area contributed by atoms with E-state index in [4.69, 9.17) is 4.74 Å². The Labute approximate surface area is 166 Å². The second-order valence-electron chi connectivity index (χ2n) is 8.29. The fraction of sp³-hybridized carbons (Fsp3) is 0.550. The molecule has 29 heavy (non-hydrogen) atoms. The zero-order valence-corrected chi connectivity index (χ0v) is 15.9. The first-order valence-corrected chi connectivity index (χ1v) is 9.88. The number of amides is 3. The summed E-state index contributed by atoms with van der Waals surface area (Å²) < 4.78 is 19.6. The van der Waals surface area contributed by atoms with E-state index >= 15 is 0 Å². The van der Waals surface area contributed by atoms with Crippen LogP contribution in [0.25, 0.3) is 0 Å². The molecule has 3 saturated heterocycles. The van der Waals surface area contributed by atoms with Gasteiger partial charge in [-0.15, -0.1) is 0 Å². The highest BCUT2D eigenvalue weighted by molar-refractivity contribution is 6.15. The summed E-state index contributed by atoms with van der Waals surface area (Å²) in [5, 5.41) is 16.1. The third-order valence-corrected chi connectivity index (χ3v) is 6.63. The molecule has 1 spiro atoms. The van der Waals surface area contributed by atoms with Gasteiger partial charge in [-0.3, -0.25) is 24.6 Å². The number of rotatable bonds is 3. The van der Waals surface area contributed by atoms with Crippen molar-refractivity contribution in [3.05, 3.63) is 29.6 Å². The molecule has 8 nitrogen and oxygen atoms in total. The van der Waals surface area contributed by atoms with Crippen molar-refractivity contribution in [2.75, 3.05) is 18.5 Å². The van der Waals surface area contributed by atoms with Crippen molar-refractivity contribution in [2.45, 2.75) is 43.6 Å². The van der Waals surface area contributed by atoms with Gasteiger partial charge in [-0.25, -0.2) is 4.39 Å². The smallest absolute Gasteiger partial charge is 0.250 e. The van der Waals surface area contributed by atoms with E-state index < -0.39 is 53.1 Å². The number of nitrogens with one attached hydrogen (secondary N) is 2. The van der Waals surface area contributed by atoms with Gasteiger partial charge < -0.3 is 15.2 Å². The minimum Gasteiger partial charge on any atom is -0.392 e. The number of benzene rings is 1. The van der Waals surface area contributed by atoms with Crippen LogP contribution in [0.5, 0.6) is 0 Å². The molecule has 4 aliphatic rings. The first kappa shape index (κ1) is 18.7. The van der Waals surface area contributed by atoms with E-state index in [2.05, 4.69) is 10.6 Å². The molecule has 5 rings (SSSR count). The van der Waals surface area contributed by atoms with E-state index in [-0.39, 0.29) is 12.6 Å². The number of fused-ring (bicyclic) bond motifs is 4. The maximum atomic E-state index is 14.1. The Balaban J connectivity index is 1.61. The van der Waals surface area contributed by atoms with Gasteiger partial charge in [-0.05, 0) is 38.0 Å². The standard InChI is InChI=1S/C20H22FN3O5/c1-9(25)16-14-15(18(27)24(17(14)26)8-11-3-2-6-29-11)20(23-16)12-7-10(21)4-5-13(12)22-19(20)28/h4-5,7,9,11,14-16,23,25H,2-3,6,8H2,1H3,(H,22,28)/t9?,11?,14-,15-,16+,20-/m1/s1. The number of aliphatic hydroxyl groups is 1. The SMILES string of the molecule is CC(O)[C@@H]1N[C@@]2(C(=O)Nc3ccc(F)cc32)[C@H]2C(=O)N(CC3CCCO3)C(=O)[C@@H]12. The minimum atomic E-state index is -1.60. The lowest BCUT2D eigenvalue weighted by molar-refractivity contribution is -0.144. The van der Waals surface area contributed by atoms with Gasteiger partial charge in [0.25, 0.3) is 0 Å². The molecule has 9 heteroatoms. The number of likely N-dealkylation sites (tertiary alicyclic amines) is 1. The second-order valence-corrected chi connectivity index (χ2v) is 8.29. The number of ether oxygens (including phenoxy) is 1. The Morgan fingerprint density at radius 1 is 1.34 bits per heavy atom. The number of halogens is 1. The highest BCUT2D eigenvalue weighted by atomic mass is 19.1. The van der Waals surface area contributed by atoms with Crippen molar-refractivity contribution in [3.8, 4) is 0 Å². The molecule has 0 aromatic heterocycles. The van der Waals surface area contributed by atoms with Crippen LogP contribution < -0.4 is 10.6 Å². The van der Waals surface area contributed by atoms with Gasteiger partial charge in [0, 0.05) is 23.9 Å². The van der Waals surface area contributed by atoms with E-state index in [1.54, 1.807) is 0 Å². The van der Waals surface area contributed by atoms with Crippen LogP contribution >= 0.6 is 0 Å². The molecule has 4 aliphatic heterocycles. The molecule has 0 aliphatic carbocycles. The van der Waals surface area contributed by atoms with Crippen LogP contribution in [-0.4, -0.2) is 59.1 Å². The largest absolute Gasteiger partial charge is 0.392 e. The molecule has 154 valence electrons.